The first kappa shape index (κ1) is 43.8. The minimum atomic E-state index is -0.446. The van der Waals surface area contributed by atoms with Gasteiger partial charge in [0.25, 0.3) is 0 Å². The summed E-state index contributed by atoms with van der Waals surface area (Å²) < 4.78 is 0. The fourth-order valence-corrected chi connectivity index (χ4v) is 13.5. The van der Waals surface area contributed by atoms with Crippen LogP contribution in [0.5, 0.6) is 0 Å². The Morgan fingerprint density at radius 3 is 0.339 bits per heavy atom. The SMILES string of the molecule is [Cu][Br].c1ccc(P(c2ccccc2)c2ccccc2)cc1.c1ccc(P(c2ccccc2)c2ccccc2)cc1.c1ccc(P(c2ccccc2)c2ccccc2)cc1. The number of halogens is 1. The normalized spacial score (nSPS) is 10.3. The third-order valence-corrected chi connectivity index (χ3v) is 16.5. The Kier molecular flexibility index (Phi) is 18.6. The zero-order valence-corrected chi connectivity index (χ0v) is 37.7. The summed E-state index contributed by atoms with van der Waals surface area (Å²) in [5.74, 6) is 0. The van der Waals surface area contributed by atoms with Crippen LogP contribution in [0, 0.1) is 0 Å². The van der Waals surface area contributed by atoms with E-state index in [-0.39, 0.29) is 0 Å². The van der Waals surface area contributed by atoms with Crippen molar-refractivity contribution in [3.63, 3.8) is 0 Å². The summed E-state index contributed by atoms with van der Waals surface area (Å²) in [6.07, 6.45) is 0. The van der Waals surface area contributed by atoms with Crippen molar-refractivity contribution >= 4 is 85.6 Å². The molecule has 9 aromatic rings. The monoisotopic (exact) mass is 928 g/mol. The number of hydrogen-bond donors (Lipinski definition) is 0. The first-order valence-corrected chi connectivity index (χ1v) is 25.7. The van der Waals surface area contributed by atoms with Crippen LogP contribution < -0.4 is 47.7 Å². The van der Waals surface area contributed by atoms with Crippen molar-refractivity contribution in [3.8, 4) is 0 Å². The van der Waals surface area contributed by atoms with Gasteiger partial charge in [0, 0.05) is 0 Å². The molecule has 0 N–H and O–H groups in total. The van der Waals surface area contributed by atoms with Crippen molar-refractivity contribution in [2.24, 2.45) is 0 Å². The summed E-state index contributed by atoms with van der Waals surface area (Å²) in [4.78, 5) is 0. The van der Waals surface area contributed by atoms with E-state index in [1.807, 2.05) is 0 Å². The molecule has 294 valence electrons. The van der Waals surface area contributed by atoms with Crippen LogP contribution in [-0.2, 0) is 14.2 Å². The molecule has 0 unspecified atom stereocenters. The van der Waals surface area contributed by atoms with Gasteiger partial charge in [-0.25, -0.2) is 0 Å². The van der Waals surface area contributed by atoms with Gasteiger partial charge in [0.2, 0.25) is 0 Å². The van der Waals surface area contributed by atoms with Crippen LogP contribution >= 0.6 is 37.9 Å². The molecule has 0 bridgehead atoms. The van der Waals surface area contributed by atoms with Gasteiger partial charge in [-0.15, -0.1) is 0 Å². The zero-order chi connectivity index (χ0) is 40.7. The molecule has 0 heterocycles. The van der Waals surface area contributed by atoms with E-state index < -0.39 is 23.8 Å². The predicted octanol–water partition coefficient (Wildman–Crippen LogP) is 11.2. The van der Waals surface area contributed by atoms with E-state index in [1.165, 1.54) is 47.7 Å². The van der Waals surface area contributed by atoms with Crippen LogP contribution in [0.15, 0.2) is 273 Å². The molecular weight excluding hydrogens is 885 g/mol. The van der Waals surface area contributed by atoms with Crippen molar-refractivity contribution in [1.29, 1.82) is 0 Å². The predicted molar refractivity (Wildman–Crippen MR) is 264 cm³/mol. The van der Waals surface area contributed by atoms with Gasteiger partial charge in [-0.2, -0.15) is 0 Å². The molecule has 9 aromatic carbocycles. The van der Waals surface area contributed by atoms with E-state index in [0.29, 0.717) is 0 Å². The Bertz CT molecular complexity index is 1870. The van der Waals surface area contributed by atoms with Gasteiger partial charge in [0.05, 0.1) is 0 Å². The summed E-state index contributed by atoms with van der Waals surface area (Å²) in [6, 6.07) is 97.0. The van der Waals surface area contributed by atoms with Crippen LogP contribution in [0.1, 0.15) is 0 Å². The van der Waals surface area contributed by atoms with E-state index in [1.54, 1.807) is 0 Å². The maximum Gasteiger partial charge on any atom is -0.0134 e. The topological polar surface area (TPSA) is 0 Å². The van der Waals surface area contributed by atoms with Gasteiger partial charge in [-0.05, 0) is 71.5 Å². The third kappa shape index (κ3) is 13.1. The number of benzene rings is 9. The third-order valence-electron chi connectivity index (χ3n) is 9.13. The Morgan fingerprint density at radius 1 is 0.169 bits per heavy atom. The van der Waals surface area contributed by atoms with Gasteiger partial charge >= 0.3 is 28.3 Å². The van der Waals surface area contributed by atoms with Crippen molar-refractivity contribution in [3.05, 3.63) is 273 Å². The Labute approximate surface area is 370 Å². The van der Waals surface area contributed by atoms with Crippen molar-refractivity contribution in [2.45, 2.75) is 0 Å². The second-order valence-corrected chi connectivity index (χ2v) is 19.7. The van der Waals surface area contributed by atoms with Gasteiger partial charge < -0.3 is 0 Å². The number of rotatable bonds is 9. The Hall–Kier alpha value is -4.73. The minimum absolute atomic E-state index is 0.446. The smallest absolute Gasteiger partial charge is 0.0134 e. The van der Waals surface area contributed by atoms with E-state index in [9.17, 15) is 0 Å². The van der Waals surface area contributed by atoms with Crippen LogP contribution in [0.3, 0.4) is 0 Å². The van der Waals surface area contributed by atoms with Gasteiger partial charge in [-0.3, -0.25) is 0 Å². The summed E-state index contributed by atoms with van der Waals surface area (Å²) in [6.45, 7) is 0. The van der Waals surface area contributed by atoms with Gasteiger partial charge in [0.15, 0.2) is 0 Å². The molecule has 0 fully saturated rings. The van der Waals surface area contributed by atoms with Crippen LogP contribution in [0.25, 0.3) is 0 Å². The molecule has 0 aliphatic rings. The summed E-state index contributed by atoms with van der Waals surface area (Å²) >= 11 is 6.50. The largest absolute Gasteiger partial charge is 0.0622 e. The Balaban J connectivity index is 0.000000146. The number of hydrogen-bond acceptors (Lipinski definition) is 0. The molecule has 0 aliphatic heterocycles. The van der Waals surface area contributed by atoms with Crippen molar-refractivity contribution in [1.82, 2.24) is 0 Å². The van der Waals surface area contributed by atoms with Gasteiger partial charge in [0.1, 0.15) is 0 Å². The van der Waals surface area contributed by atoms with E-state index in [2.05, 4.69) is 301 Å². The quantitative estimate of drug-likeness (QED) is 0.0999. The maximum absolute atomic E-state index is 4.00. The van der Waals surface area contributed by atoms with Crippen molar-refractivity contribution < 1.29 is 14.2 Å². The van der Waals surface area contributed by atoms with E-state index >= 15 is 0 Å². The standard InChI is InChI=1S/3C18H15P.BrH.Cu/c3*1-4-10-16(11-5-1)19(17-12-6-2-7-13-17)18-14-8-3-9-15-18;;/h3*1-15H;1H;/q;;;;+1/p-1. The molecule has 0 aliphatic carbocycles. The van der Waals surface area contributed by atoms with Crippen molar-refractivity contribution in [2.75, 3.05) is 0 Å². The first-order valence-electron chi connectivity index (χ1n) is 19.3. The Morgan fingerprint density at radius 2 is 0.254 bits per heavy atom. The first-order chi connectivity index (χ1) is 29.3. The summed E-state index contributed by atoms with van der Waals surface area (Å²) in [5.41, 5.74) is 0. The average molecular weight is 930 g/mol. The van der Waals surface area contributed by atoms with E-state index in [0.717, 1.165) is 0 Å². The van der Waals surface area contributed by atoms with Crippen LogP contribution in [0.2, 0.25) is 0 Å². The maximum atomic E-state index is 4.00. The molecule has 0 saturated carbocycles. The van der Waals surface area contributed by atoms with Crippen LogP contribution in [0.4, 0.5) is 0 Å². The average Bonchev–Trinajstić information content (AvgIpc) is 3.34. The summed E-state index contributed by atoms with van der Waals surface area (Å²) in [5, 5.41) is 12.6. The molecule has 0 saturated heterocycles. The summed E-state index contributed by atoms with van der Waals surface area (Å²) in [7, 11) is -1.34. The molecular formula is C54H45BrCuP3. The van der Waals surface area contributed by atoms with Gasteiger partial charge in [-0.1, -0.05) is 273 Å². The molecule has 0 amide bonds. The second-order valence-electron chi connectivity index (χ2n) is 13.0. The molecule has 0 nitrogen and oxygen atoms in total. The van der Waals surface area contributed by atoms with E-state index in [4.69, 9.17) is 0 Å². The zero-order valence-electron chi connectivity index (χ0n) is 32.5. The molecule has 0 aromatic heterocycles. The minimum Gasteiger partial charge on any atom is -0.0622 e. The molecule has 0 radical (unpaired) electrons. The molecule has 0 atom stereocenters. The molecule has 5 heteroatoms. The second kappa shape index (κ2) is 25.0. The van der Waals surface area contributed by atoms with Crippen LogP contribution in [-0.4, -0.2) is 0 Å². The molecule has 9 rings (SSSR count). The molecule has 0 spiro atoms. The fourth-order valence-electron chi connectivity index (χ4n) is 6.54. The molecule has 59 heavy (non-hydrogen) atoms. The fraction of sp³-hybridized carbons (Fsp3) is 0.